The van der Waals surface area contributed by atoms with Gasteiger partial charge in [0.15, 0.2) is 0 Å². The van der Waals surface area contributed by atoms with Gasteiger partial charge in [0.25, 0.3) is 0 Å². The van der Waals surface area contributed by atoms with Crippen molar-refractivity contribution in [2.24, 2.45) is 5.92 Å². The summed E-state index contributed by atoms with van der Waals surface area (Å²) in [5.41, 5.74) is 4.89. The third kappa shape index (κ3) is 4.47. The third-order valence-corrected chi connectivity index (χ3v) is 5.88. The summed E-state index contributed by atoms with van der Waals surface area (Å²) in [4.78, 5) is 5.39. The van der Waals surface area contributed by atoms with Gasteiger partial charge in [0, 0.05) is 37.8 Å². The molecule has 1 aromatic carbocycles. The van der Waals surface area contributed by atoms with Gasteiger partial charge in [0.1, 0.15) is 0 Å². The molecular weight excluding hydrogens is 316 g/mol. The molecule has 1 heterocycles. The summed E-state index contributed by atoms with van der Waals surface area (Å²) in [5.74, 6) is 0.640. The molecule has 142 valence electrons. The Kier molecular flexibility index (Phi) is 6.04. The number of hydrogen-bond acceptors (Lipinski definition) is 2. The summed E-state index contributed by atoms with van der Waals surface area (Å²) in [6.45, 7) is 16.3. The molecule has 1 fully saturated rings. The van der Waals surface area contributed by atoms with Crippen LogP contribution in [0.15, 0.2) is 53.6 Å². The molecule has 1 aliphatic heterocycles. The van der Waals surface area contributed by atoms with Crippen LogP contribution in [-0.4, -0.2) is 41.0 Å². The van der Waals surface area contributed by atoms with Gasteiger partial charge in [-0.1, -0.05) is 61.9 Å². The molecule has 1 unspecified atom stereocenters. The molecule has 0 aromatic heterocycles. The van der Waals surface area contributed by atoms with E-state index >= 15 is 0 Å². The van der Waals surface area contributed by atoms with Crippen LogP contribution in [0.4, 0.5) is 0 Å². The van der Waals surface area contributed by atoms with E-state index in [0.29, 0.717) is 12.0 Å². The Hall–Kier alpha value is -1.38. The van der Waals surface area contributed by atoms with E-state index in [-0.39, 0.29) is 5.54 Å². The minimum atomic E-state index is 0.198. The van der Waals surface area contributed by atoms with E-state index in [2.05, 4.69) is 86.9 Å². The topological polar surface area (TPSA) is 6.48 Å². The van der Waals surface area contributed by atoms with Crippen LogP contribution in [-0.2, 0) is 6.54 Å². The second kappa shape index (κ2) is 8.10. The highest BCUT2D eigenvalue weighted by Gasteiger charge is 2.36. The Labute approximate surface area is 160 Å². The summed E-state index contributed by atoms with van der Waals surface area (Å²) in [7, 11) is 0. The Bertz CT molecular complexity index is 649. The molecule has 26 heavy (non-hydrogen) atoms. The van der Waals surface area contributed by atoms with Gasteiger partial charge in [-0.3, -0.25) is 9.80 Å². The zero-order valence-corrected chi connectivity index (χ0v) is 17.3. The van der Waals surface area contributed by atoms with E-state index in [0.717, 1.165) is 26.2 Å². The van der Waals surface area contributed by atoms with Crippen molar-refractivity contribution in [3.63, 3.8) is 0 Å². The van der Waals surface area contributed by atoms with Crippen LogP contribution in [0.1, 0.15) is 53.0 Å². The predicted molar refractivity (Wildman–Crippen MR) is 112 cm³/mol. The van der Waals surface area contributed by atoms with Crippen LogP contribution in [0, 0.1) is 5.92 Å². The zero-order chi connectivity index (χ0) is 18.7. The Morgan fingerprint density at radius 1 is 1.08 bits per heavy atom. The second-order valence-electron chi connectivity index (χ2n) is 9.18. The molecule has 1 aromatic rings. The first kappa shape index (κ1) is 19.4. The van der Waals surface area contributed by atoms with E-state index in [4.69, 9.17) is 0 Å². The van der Waals surface area contributed by atoms with Gasteiger partial charge in [-0.2, -0.15) is 0 Å². The van der Waals surface area contributed by atoms with Crippen LogP contribution in [0.5, 0.6) is 0 Å². The molecule has 0 saturated carbocycles. The first-order valence-corrected chi connectivity index (χ1v) is 10.3. The third-order valence-electron chi connectivity index (χ3n) is 5.88. The molecule has 3 rings (SSSR count). The smallest absolute Gasteiger partial charge is 0.0480 e. The zero-order valence-electron chi connectivity index (χ0n) is 17.3. The summed E-state index contributed by atoms with van der Waals surface area (Å²) in [5, 5.41) is 0. The monoisotopic (exact) mass is 352 g/mol. The van der Waals surface area contributed by atoms with Crippen molar-refractivity contribution in [1.82, 2.24) is 9.80 Å². The number of allylic oxidation sites excluding steroid dienone is 2. The number of benzene rings is 1. The highest BCUT2D eigenvalue weighted by Crippen LogP contribution is 2.34. The van der Waals surface area contributed by atoms with Gasteiger partial charge in [-0.25, -0.2) is 0 Å². The maximum Gasteiger partial charge on any atom is 0.0480 e. The van der Waals surface area contributed by atoms with Crippen molar-refractivity contribution in [3.05, 3.63) is 59.2 Å². The fourth-order valence-electron chi connectivity index (χ4n) is 4.54. The number of nitrogens with zero attached hydrogens (tertiary/aromatic N) is 2. The molecule has 0 radical (unpaired) electrons. The lowest BCUT2D eigenvalue weighted by Gasteiger charge is -2.49. The van der Waals surface area contributed by atoms with Crippen LogP contribution >= 0.6 is 0 Å². The molecular formula is C24H36N2. The van der Waals surface area contributed by atoms with Gasteiger partial charge in [0.05, 0.1) is 0 Å². The van der Waals surface area contributed by atoms with Gasteiger partial charge in [-0.05, 0) is 50.7 Å². The van der Waals surface area contributed by atoms with E-state index < -0.39 is 0 Å². The molecule has 0 bridgehead atoms. The maximum atomic E-state index is 2.74. The number of hydrogen-bond donors (Lipinski definition) is 0. The standard InChI is InChI=1S/C24H36N2/c1-19(2)21-13-9-10-14-22(21)23-18-25(15-16-26(23)24(3,4)5)17-20-11-7-6-8-12-20/h6-8,10-12,14,19,23H,9,13,15-18H2,1-5H3. The Morgan fingerprint density at radius 2 is 1.81 bits per heavy atom. The molecule has 2 nitrogen and oxygen atoms in total. The summed E-state index contributed by atoms with van der Waals surface area (Å²) < 4.78 is 0. The van der Waals surface area contributed by atoms with Crippen LogP contribution in [0.2, 0.25) is 0 Å². The van der Waals surface area contributed by atoms with E-state index in [1.807, 2.05) is 0 Å². The highest BCUT2D eigenvalue weighted by molar-refractivity contribution is 5.36. The SMILES string of the molecule is CC(C)C1=C(C2CN(Cc3ccccc3)CCN2C(C)(C)C)C=CCC1. The second-order valence-corrected chi connectivity index (χ2v) is 9.18. The quantitative estimate of drug-likeness (QED) is 0.728. The average Bonchev–Trinajstić information content (AvgIpc) is 2.61. The van der Waals surface area contributed by atoms with Crippen molar-refractivity contribution in [2.45, 2.75) is 65.6 Å². The fourth-order valence-corrected chi connectivity index (χ4v) is 4.54. The molecule has 0 spiro atoms. The van der Waals surface area contributed by atoms with Crippen molar-refractivity contribution in [3.8, 4) is 0 Å². The summed E-state index contributed by atoms with van der Waals surface area (Å²) >= 11 is 0. The number of piperazine rings is 1. The van der Waals surface area contributed by atoms with Crippen molar-refractivity contribution in [2.75, 3.05) is 19.6 Å². The van der Waals surface area contributed by atoms with E-state index in [1.165, 1.54) is 18.4 Å². The first-order chi connectivity index (χ1) is 12.4. The van der Waals surface area contributed by atoms with Gasteiger partial charge < -0.3 is 0 Å². The van der Waals surface area contributed by atoms with Gasteiger partial charge in [0.2, 0.25) is 0 Å². The average molecular weight is 353 g/mol. The van der Waals surface area contributed by atoms with Crippen molar-refractivity contribution >= 4 is 0 Å². The Balaban J connectivity index is 1.87. The molecule has 2 heteroatoms. The lowest BCUT2D eigenvalue weighted by molar-refractivity contribution is 0.0230. The van der Waals surface area contributed by atoms with Crippen LogP contribution in [0.3, 0.4) is 0 Å². The molecule has 0 N–H and O–H groups in total. The van der Waals surface area contributed by atoms with Gasteiger partial charge >= 0.3 is 0 Å². The Morgan fingerprint density at radius 3 is 2.46 bits per heavy atom. The number of rotatable bonds is 4. The van der Waals surface area contributed by atoms with Crippen LogP contribution < -0.4 is 0 Å². The highest BCUT2D eigenvalue weighted by atomic mass is 15.3. The lowest BCUT2D eigenvalue weighted by atomic mass is 9.83. The van der Waals surface area contributed by atoms with Crippen molar-refractivity contribution < 1.29 is 0 Å². The van der Waals surface area contributed by atoms with Crippen molar-refractivity contribution in [1.29, 1.82) is 0 Å². The minimum Gasteiger partial charge on any atom is -0.296 e. The van der Waals surface area contributed by atoms with Gasteiger partial charge in [-0.15, -0.1) is 0 Å². The van der Waals surface area contributed by atoms with Crippen LogP contribution in [0.25, 0.3) is 0 Å². The summed E-state index contributed by atoms with van der Waals surface area (Å²) in [6.07, 6.45) is 7.26. The lowest BCUT2D eigenvalue weighted by Crippen LogP contribution is -2.59. The predicted octanol–water partition coefficient (Wildman–Crippen LogP) is 5.27. The first-order valence-electron chi connectivity index (χ1n) is 10.3. The molecule has 1 atom stereocenters. The molecule has 2 aliphatic rings. The molecule has 0 amide bonds. The maximum absolute atomic E-state index is 2.74. The normalized spacial score (nSPS) is 23.1. The molecule has 1 saturated heterocycles. The summed E-state index contributed by atoms with van der Waals surface area (Å²) in [6, 6.07) is 11.4. The minimum absolute atomic E-state index is 0.198. The van der Waals surface area contributed by atoms with E-state index in [1.54, 1.807) is 11.1 Å². The fraction of sp³-hybridized carbons (Fsp3) is 0.583. The molecule has 1 aliphatic carbocycles. The van der Waals surface area contributed by atoms with E-state index in [9.17, 15) is 0 Å². The largest absolute Gasteiger partial charge is 0.296 e.